The summed E-state index contributed by atoms with van der Waals surface area (Å²) in [6, 6.07) is 18.6. The molecule has 2 fully saturated rings. The van der Waals surface area contributed by atoms with Gasteiger partial charge in [-0.15, -0.1) is 11.3 Å². The third kappa shape index (κ3) is 5.64. The number of aliphatic hydroxyl groups excluding tert-OH is 1. The smallest absolute Gasteiger partial charge is 0.131 e. The monoisotopic (exact) mass is 514 g/mol. The average Bonchev–Trinajstić information content (AvgIpc) is 3.32. The van der Waals surface area contributed by atoms with Crippen molar-refractivity contribution in [2.24, 2.45) is 5.92 Å². The zero-order chi connectivity index (χ0) is 25.2. The van der Waals surface area contributed by atoms with Crippen molar-refractivity contribution in [2.45, 2.75) is 38.2 Å². The Hall–Kier alpha value is -3.00. The topological polar surface area (TPSA) is 61.7 Å². The minimum Gasteiger partial charge on any atom is -0.457 e. The first-order valence-electron chi connectivity index (χ1n) is 13.4. The zero-order valence-corrected chi connectivity index (χ0v) is 22.2. The second-order valence-corrected chi connectivity index (χ2v) is 11.5. The molecule has 1 N–H and O–H groups in total. The third-order valence-electron chi connectivity index (χ3n) is 7.71. The number of rotatable bonds is 6. The number of anilines is 1. The molecule has 7 heteroatoms. The van der Waals surface area contributed by atoms with Gasteiger partial charge in [-0.2, -0.15) is 0 Å². The average molecular weight is 515 g/mol. The molecule has 37 heavy (non-hydrogen) atoms. The van der Waals surface area contributed by atoms with E-state index >= 15 is 0 Å². The first-order valence-corrected chi connectivity index (χ1v) is 14.2. The SMILES string of the molecule is CN1CCN(c2ccc(-c3cc(Oc4ccc5nc(C[C@@H]6CCCC[C@H]6O)sc5c4)ccn3)cc2)CC1. The number of fused-ring (bicyclic) bond motifs is 1. The minimum atomic E-state index is -0.191. The molecule has 2 atom stereocenters. The highest BCUT2D eigenvalue weighted by molar-refractivity contribution is 7.18. The van der Waals surface area contributed by atoms with Crippen LogP contribution in [0.2, 0.25) is 0 Å². The van der Waals surface area contributed by atoms with Gasteiger partial charge in [0.05, 0.1) is 27.0 Å². The highest BCUT2D eigenvalue weighted by Crippen LogP contribution is 2.34. The van der Waals surface area contributed by atoms with Crippen molar-refractivity contribution in [3.05, 3.63) is 65.8 Å². The van der Waals surface area contributed by atoms with Gasteiger partial charge in [-0.3, -0.25) is 4.98 Å². The van der Waals surface area contributed by atoms with E-state index < -0.39 is 0 Å². The van der Waals surface area contributed by atoms with Gasteiger partial charge in [-0.1, -0.05) is 25.0 Å². The van der Waals surface area contributed by atoms with Crippen LogP contribution in [0.15, 0.2) is 60.8 Å². The number of benzene rings is 2. The summed E-state index contributed by atoms with van der Waals surface area (Å²) < 4.78 is 7.36. The molecule has 6 rings (SSSR count). The summed E-state index contributed by atoms with van der Waals surface area (Å²) in [4.78, 5) is 14.2. The lowest BCUT2D eigenvalue weighted by molar-refractivity contribution is 0.0700. The molecule has 2 aromatic carbocycles. The summed E-state index contributed by atoms with van der Waals surface area (Å²) in [6.07, 6.45) is 6.82. The largest absolute Gasteiger partial charge is 0.457 e. The summed E-state index contributed by atoms with van der Waals surface area (Å²) >= 11 is 1.71. The number of ether oxygens (including phenoxy) is 1. The second kappa shape index (κ2) is 10.8. The van der Waals surface area contributed by atoms with E-state index in [1.807, 2.05) is 24.3 Å². The lowest BCUT2D eigenvalue weighted by atomic mass is 9.84. The van der Waals surface area contributed by atoms with Crippen molar-refractivity contribution >= 4 is 27.2 Å². The Bertz CT molecular complexity index is 1350. The molecular formula is C30H34N4O2S. The van der Waals surface area contributed by atoms with E-state index in [0.29, 0.717) is 5.92 Å². The van der Waals surface area contributed by atoms with Crippen molar-refractivity contribution in [1.82, 2.24) is 14.9 Å². The molecular weight excluding hydrogens is 480 g/mol. The van der Waals surface area contributed by atoms with Gasteiger partial charge in [0, 0.05) is 62.2 Å². The van der Waals surface area contributed by atoms with Crippen LogP contribution in [0.1, 0.15) is 30.7 Å². The summed E-state index contributed by atoms with van der Waals surface area (Å²) in [7, 11) is 2.18. The van der Waals surface area contributed by atoms with Gasteiger partial charge < -0.3 is 19.6 Å². The van der Waals surface area contributed by atoms with Gasteiger partial charge in [0.1, 0.15) is 11.5 Å². The quantitative estimate of drug-likeness (QED) is 0.341. The van der Waals surface area contributed by atoms with Crippen LogP contribution in [0.3, 0.4) is 0 Å². The molecule has 2 aliphatic rings. The third-order valence-corrected chi connectivity index (χ3v) is 8.75. The van der Waals surface area contributed by atoms with Crippen molar-refractivity contribution < 1.29 is 9.84 Å². The molecule has 1 aliphatic carbocycles. The zero-order valence-electron chi connectivity index (χ0n) is 21.3. The molecule has 1 aliphatic heterocycles. The Morgan fingerprint density at radius 3 is 2.54 bits per heavy atom. The van der Waals surface area contributed by atoms with E-state index in [0.717, 1.165) is 89.8 Å². The van der Waals surface area contributed by atoms with Gasteiger partial charge in [-0.05, 0) is 56.1 Å². The lowest BCUT2D eigenvalue weighted by Crippen LogP contribution is -2.44. The molecule has 4 aromatic rings. The summed E-state index contributed by atoms with van der Waals surface area (Å²) in [6.45, 7) is 4.32. The fourth-order valence-corrected chi connectivity index (χ4v) is 6.52. The number of nitrogens with zero attached hydrogens (tertiary/aromatic N) is 4. The number of aliphatic hydroxyl groups is 1. The van der Waals surface area contributed by atoms with Gasteiger partial charge in [0.2, 0.25) is 0 Å². The van der Waals surface area contributed by atoms with Gasteiger partial charge in [0.15, 0.2) is 0 Å². The molecule has 0 unspecified atom stereocenters. The molecule has 0 radical (unpaired) electrons. The molecule has 1 saturated carbocycles. The lowest BCUT2D eigenvalue weighted by Gasteiger charge is -2.34. The van der Waals surface area contributed by atoms with Crippen LogP contribution < -0.4 is 9.64 Å². The van der Waals surface area contributed by atoms with Crippen LogP contribution in [0.4, 0.5) is 5.69 Å². The van der Waals surface area contributed by atoms with Crippen molar-refractivity contribution in [1.29, 1.82) is 0 Å². The summed E-state index contributed by atoms with van der Waals surface area (Å²) in [5.74, 6) is 1.89. The standard InChI is InChI=1S/C30H34N4O2S/c1-33-14-16-34(17-15-33)23-8-6-21(7-9-23)27-19-25(12-13-31-27)36-24-10-11-26-29(20-24)37-30(32-26)18-22-4-2-3-5-28(22)35/h6-13,19-20,22,28,35H,2-5,14-18H2,1H3/t22-,28+/m0/s1. The predicted octanol–water partition coefficient (Wildman–Crippen LogP) is 6.00. The summed E-state index contributed by atoms with van der Waals surface area (Å²) in [5.41, 5.74) is 4.23. The van der Waals surface area contributed by atoms with Crippen molar-refractivity contribution in [3.63, 3.8) is 0 Å². The number of piperazine rings is 1. The summed E-state index contributed by atoms with van der Waals surface area (Å²) in [5, 5.41) is 11.4. The fraction of sp³-hybridized carbons (Fsp3) is 0.400. The maximum Gasteiger partial charge on any atom is 0.131 e. The Kier molecular flexibility index (Phi) is 7.09. The molecule has 3 heterocycles. The minimum absolute atomic E-state index is 0.191. The van der Waals surface area contributed by atoms with E-state index in [1.165, 1.54) is 12.1 Å². The molecule has 0 bridgehead atoms. The van der Waals surface area contributed by atoms with E-state index in [9.17, 15) is 5.11 Å². The van der Waals surface area contributed by atoms with Crippen molar-refractivity contribution in [2.75, 3.05) is 38.1 Å². The van der Waals surface area contributed by atoms with Crippen LogP contribution in [-0.2, 0) is 6.42 Å². The van der Waals surface area contributed by atoms with E-state index in [1.54, 1.807) is 17.5 Å². The van der Waals surface area contributed by atoms with Gasteiger partial charge in [-0.25, -0.2) is 4.98 Å². The number of likely N-dealkylation sites (N-methyl/N-ethyl adjacent to an activating group) is 1. The predicted molar refractivity (Wildman–Crippen MR) is 151 cm³/mol. The van der Waals surface area contributed by atoms with Gasteiger partial charge in [0.25, 0.3) is 0 Å². The molecule has 0 spiro atoms. The number of hydrogen-bond donors (Lipinski definition) is 1. The van der Waals surface area contributed by atoms with Crippen LogP contribution >= 0.6 is 11.3 Å². The Labute approximate surface area is 222 Å². The highest BCUT2D eigenvalue weighted by Gasteiger charge is 2.24. The first kappa shape index (κ1) is 24.3. The fourth-order valence-electron chi connectivity index (χ4n) is 5.43. The molecule has 192 valence electrons. The van der Waals surface area contributed by atoms with E-state index in [4.69, 9.17) is 9.72 Å². The Morgan fingerprint density at radius 1 is 0.946 bits per heavy atom. The molecule has 0 amide bonds. The molecule has 2 aromatic heterocycles. The normalized spacial score (nSPS) is 20.9. The van der Waals surface area contributed by atoms with Crippen LogP contribution in [-0.4, -0.2) is 59.3 Å². The van der Waals surface area contributed by atoms with Crippen LogP contribution in [0, 0.1) is 5.92 Å². The number of aromatic nitrogens is 2. The maximum absolute atomic E-state index is 10.3. The number of hydrogen-bond acceptors (Lipinski definition) is 7. The van der Waals surface area contributed by atoms with E-state index in [2.05, 4.69) is 52.2 Å². The van der Waals surface area contributed by atoms with Crippen molar-refractivity contribution in [3.8, 4) is 22.8 Å². The Balaban J connectivity index is 1.14. The second-order valence-electron chi connectivity index (χ2n) is 10.4. The van der Waals surface area contributed by atoms with E-state index in [-0.39, 0.29) is 6.10 Å². The maximum atomic E-state index is 10.3. The number of pyridine rings is 1. The molecule has 6 nitrogen and oxygen atoms in total. The number of thiazole rings is 1. The van der Waals surface area contributed by atoms with Crippen LogP contribution in [0.5, 0.6) is 11.5 Å². The van der Waals surface area contributed by atoms with Gasteiger partial charge >= 0.3 is 0 Å². The first-order chi connectivity index (χ1) is 18.1. The highest BCUT2D eigenvalue weighted by atomic mass is 32.1. The van der Waals surface area contributed by atoms with Crippen LogP contribution in [0.25, 0.3) is 21.5 Å². The Morgan fingerprint density at radius 2 is 1.73 bits per heavy atom. The molecule has 1 saturated heterocycles.